The van der Waals surface area contributed by atoms with Crippen molar-refractivity contribution in [2.45, 2.75) is 19.0 Å². The standard InChI is InChI=1S/C18H17ClN2O5/c19-13-5-3-11(4-6-13)16(18(24)25)20-17(23)12-8-15(22)21(9-12)10-14-2-1-7-26-14/h1-7,12,16H,8-10H2,(H,20,23)(H,24,25). The van der Waals surface area contributed by atoms with Crippen LogP contribution in [0, 0.1) is 5.92 Å². The van der Waals surface area contributed by atoms with E-state index >= 15 is 0 Å². The molecule has 26 heavy (non-hydrogen) atoms. The monoisotopic (exact) mass is 376 g/mol. The Labute approximate surface area is 154 Å². The lowest BCUT2D eigenvalue weighted by Crippen LogP contribution is -2.38. The number of nitrogens with zero attached hydrogens (tertiary/aromatic N) is 1. The van der Waals surface area contributed by atoms with Crippen molar-refractivity contribution in [3.05, 3.63) is 59.0 Å². The Morgan fingerprint density at radius 2 is 2.04 bits per heavy atom. The van der Waals surface area contributed by atoms with Crippen molar-refractivity contribution in [1.82, 2.24) is 10.2 Å². The van der Waals surface area contributed by atoms with E-state index in [9.17, 15) is 19.5 Å². The molecule has 0 bridgehead atoms. The molecule has 2 atom stereocenters. The van der Waals surface area contributed by atoms with Crippen molar-refractivity contribution in [3.8, 4) is 0 Å². The Bertz CT molecular complexity index is 803. The summed E-state index contributed by atoms with van der Waals surface area (Å²) in [6.45, 7) is 0.507. The summed E-state index contributed by atoms with van der Waals surface area (Å²) in [6.07, 6.45) is 1.56. The first-order valence-electron chi connectivity index (χ1n) is 8.03. The van der Waals surface area contributed by atoms with E-state index < -0.39 is 23.8 Å². The molecule has 2 amide bonds. The van der Waals surface area contributed by atoms with Crippen molar-refractivity contribution >= 4 is 29.4 Å². The molecule has 3 rings (SSSR count). The van der Waals surface area contributed by atoms with Gasteiger partial charge in [0.05, 0.1) is 18.7 Å². The molecule has 0 radical (unpaired) electrons. The maximum absolute atomic E-state index is 12.5. The second-order valence-corrected chi connectivity index (χ2v) is 6.52. The third-order valence-corrected chi connectivity index (χ3v) is 4.50. The van der Waals surface area contributed by atoms with Crippen LogP contribution in [0.2, 0.25) is 5.02 Å². The summed E-state index contributed by atoms with van der Waals surface area (Å²) in [5.74, 6) is -1.80. The molecule has 1 aliphatic heterocycles. The summed E-state index contributed by atoms with van der Waals surface area (Å²) < 4.78 is 5.22. The number of carbonyl (C=O) groups excluding carboxylic acids is 2. The van der Waals surface area contributed by atoms with E-state index in [1.807, 2.05) is 0 Å². The van der Waals surface area contributed by atoms with Gasteiger partial charge in [-0.05, 0) is 29.8 Å². The van der Waals surface area contributed by atoms with Crippen molar-refractivity contribution in [3.63, 3.8) is 0 Å². The first-order valence-corrected chi connectivity index (χ1v) is 8.40. The Morgan fingerprint density at radius 1 is 1.31 bits per heavy atom. The Balaban J connectivity index is 1.65. The molecule has 0 spiro atoms. The highest BCUT2D eigenvalue weighted by molar-refractivity contribution is 6.30. The molecule has 2 aromatic rings. The number of nitrogens with one attached hydrogen (secondary N) is 1. The molecule has 0 aliphatic carbocycles. The van der Waals surface area contributed by atoms with Crippen LogP contribution in [0.1, 0.15) is 23.8 Å². The molecule has 1 aromatic carbocycles. The number of carboxylic acids is 1. The van der Waals surface area contributed by atoms with Crippen LogP contribution in [0.15, 0.2) is 47.1 Å². The highest BCUT2D eigenvalue weighted by Crippen LogP contribution is 2.23. The normalized spacial score (nSPS) is 18.0. The number of hydrogen-bond acceptors (Lipinski definition) is 4. The molecule has 136 valence electrons. The number of halogens is 1. The van der Waals surface area contributed by atoms with E-state index in [2.05, 4.69) is 5.32 Å². The minimum atomic E-state index is -1.20. The number of furan rings is 1. The Kier molecular flexibility index (Phi) is 5.27. The van der Waals surface area contributed by atoms with Gasteiger partial charge in [0.1, 0.15) is 5.76 Å². The molecule has 1 aliphatic rings. The van der Waals surface area contributed by atoms with Gasteiger partial charge in [-0.2, -0.15) is 0 Å². The first-order chi connectivity index (χ1) is 12.4. The van der Waals surface area contributed by atoms with Crippen LogP contribution in [-0.4, -0.2) is 34.3 Å². The van der Waals surface area contributed by atoms with Gasteiger partial charge in [-0.3, -0.25) is 9.59 Å². The third-order valence-electron chi connectivity index (χ3n) is 4.25. The molecule has 7 nitrogen and oxygen atoms in total. The zero-order valence-electron chi connectivity index (χ0n) is 13.7. The smallest absolute Gasteiger partial charge is 0.330 e. The third kappa shape index (κ3) is 4.05. The number of aliphatic carboxylic acids is 1. The van der Waals surface area contributed by atoms with Gasteiger partial charge in [0.2, 0.25) is 11.8 Å². The molecule has 2 heterocycles. The van der Waals surface area contributed by atoms with Crippen LogP contribution < -0.4 is 5.32 Å². The number of rotatable bonds is 6. The van der Waals surface area contributed by atoms with Crippen molar-refractivity contribution in [2.75, 3.05) is 6.54 Å². The number of likely N-dealkylation sites (tertiary alicyclic amines) is 1. The Hall–Kier alpha value is -2.80. The highest BCUT2D eigenvalue weighted by Gasteiger charge is 2.36. The number of carbonyl (C=O) groups is 3. The molecule has 0 saturated carbocycles. The van der Waals surface area contributed by atoms with E-state index in [-0.39, 0.29) is 25.4 Å². The van der Waals surface area contributed by atoms with Crippen LogP contribution in [0.3, 0.4) is 0 Å². The SMILES string of the molecule is O=C(NC(C(=O)O)c1ccc(Cl)cc1)C1CC(=O)N(Cc2ccco2)C1. The van der Waals surface area contributed by atoms with Gasteiger partial charge in [-0.25, -0.2) is 4.79 Å². The van der Waals surface area contributed by atoms with Gasteiger partial charge in [-0.1, -0.05) is 23.7 Å². The fraction of sp³-hybridized carbons (Fsp3) is 0.278. The number of benzene rings is 1. The lowest BCUT2D eigenvalue weighted by atomic mass is 10.0. The van der Waals surface area contributed by atoms with Crippen LogP contribution in [0.4, 0.5) is 0 Å². The number of amides is 2. The minimum absolute atomic E-state index is 0.0412. The largest absolute Gasteiger partial charge is 0.479 e. The maximum Gasteiger partial charge on any atom is 0.330 e. The zero-order chi connectivity index (χ0) is 18.7. The topological polar surface area (TPSA) is 99.8 Å². The van der Waals surface area contributed by atoms with Crippen LogP contribution >= 0.6 is 11.6 Å². The minimum Gasteiger partial charge on any atom is -0.479 e. The predicted molar refractivity (Wildman–Crippen MR) is 92.2 cm³/mol. The molecule has 2 N–H and O–H groups in total. The lowest BCUT2D eigenvalue weighted by Gasteiger charge is -2.18. The van der Waals surface area contributed by atoms with E-state index in [1.165, 1.54) is 11.2 Å². The van der Waals surface area contributed by atoms with Crippen molar-refractivity contribution < 1.29 is 23.9 Å². The zero-order valence-corrected chi connectivity index (χ0v) is 14.5. The highest BCUT2D eigenvalue weighted by atomic mass is 35.5. The van der Waals surface area contributed by atoms with Gasteiger partial charge >= 0.3 is 5.97 Å². The molecular formula is C18H17ClN2O5. The predicted octanol–water partition coefficient (Wildman–Crippen LogP) is 2.22. The van der Waals surface area contributed by atoms with E-state index in [4.69, 9.17) is 16.0 Å². The van der Waals surface area contributed by atoms with Gasteiger partial charge in [-0.15, -0.1) is 0 Å². The van der Waals surface area contributed by atoms with E-state index in [0.717, 1.165) is 0 Å². The summed E-state index contributed by atoms with van der Waals surface area (Å²) in [7, 11) is 0. The molecule has 8 heteroatoms. The van der Waals surface area contributed by atoms with Gasteiger partial charge in [0, 0.05) is 18.0 Å². The number of carboxylic acid groups (broad SMARTS) is 1. The first kappa shape index (κ1) is 18.0. The van der Waals surface area contributed by atoms with Gasteiger partial charge in [0.25, 0.3) is 0 Å². The molecule has 1 fully saturated rings. The summed E-state index contributed by atoms with van der Waals surface area (Å²) >= 11 is 5.81. The van der Waals surface area contributed by atoms with Crippen molar-refractivity contribution in [1.29, 1.82) is 0 Å². The second-order valence-electron chi connectivity index (χ2n) is 6.09. The molecule has 1 aromatic heterocycles. The summed E-state index contributed by atoms with van der Waals surface area (Å²) in [4.78, 5) is 37.7. The molecule has 2 unspecified atom stereocenters. The van der Waals surface area contributed by atoms with Gasteiger partial charge in [0.15, 0.2) is 6.04 Å². The lowest BCUT2D eigenvalue weighted by molar-refractivity contribution is -0.142. The van der Waals surface area contributed by atoms with E-state index in [1.54, 1.807) is 36.4 Å². The van der Waals surface area contributed by atoms with E-state index in [0.29, 0.717) is 16.3 Å². The second kappa shape index (κ2) is 7.61. The summed E-state index contributed by atoms with van der Waals surface area (Å²) in [6, 6.07) is 8.49. The fourth-order valence-corrected chi connectivity index (χ4v) is 3.02. The van der Waals surface area contributed by atoms with Gasteiger partial charge < -0.3 is 19.7 Å². The average molecular weight is 377 g/mol. The van der Waals surface area contributed by atoms with Crippen molar-refractivity contribution in [2.24, 2.45) is 5.92 Å². The molecule has 1 saturated heterocycles. The molecular weight excluding hydrogens is 360 g/mol. The summed E-state index contributed by atoms with van der Waals surface area (Å²) in [5, 5.41) is 12.4. The fourth-order valence-electron chi connectivity index (χ4n) is 2.89. The van der Waals surface area contributed by atoms with Crippen LogP contribution in [-0.2, 0) is 20.9 Å². The summed E-state index contributed by atoms with van der Waals surface area (Å²) in [5.41, 5.74) is 0.409. The quantitative estimate of drug-likeness (QED) is 0.805. The average Bonchev–Trinajstić information content (AvgIpc) is 3.24. The number of hydrogen-bond donors (Lipinski definition) is 2. The van der Waals surface area contributed by atoms with Crippen LogP contribution in [0.25, 0.3) is 0 Å². The maximum atomic E-state index is 12.5. The Morgan fingerprint density at radius 3 is 2.65 bits per heavy atom. The van der Waals surface area contributed by atoms with Crippen LogP contribution in [0.5, 0.6) is 0 Å².